The highest BCUT2D eigenvalue weighted by Crippen LogP contribution is 2.30. The predicted octanol–water partition coefficient (Wildman–Crippen LogP) is 7.61. The third-order valence-corrected chi connectivity index (χ3v) is 10.7. The minimum Gasteiger partial charge on any atom is -0.352 e. The van der Waals surface area contributed by atoms with Gasteiger partial charge in [-0.3, -0.25) is 14.2 Å². The number of rotatable bonds is 15. The van der Waals surface area contributed by atoms with Crippen molar-refractivity contribution >= 4 is 45.0 Å². The molecule has 2 N–H and O–H groups in total. The molecule has 10 nitrogen and oxygen atoms in total. The lowest BCUT2D eigenvalue weighted by Crippen LogP contribution is -2.31. The van der Waals surface area contributed by atoms with Gasteiger partial charge in [-0.25, -0.2) is 17.9 Å². The van der Waals surface area contributed by atoms with Gasteiger partial charge < -0.3 is 5.32 Å². The van der Waals surface area contributed by atoms with Gasteiger partial charge in [-0.1, -0.05) is 99.3 Å². The van der Waals surface area contributed by atoms with Crippen molar-refractivity contribution < 1.29 is 18.0 Å². The highest BCUT2D eigenvalue weighted by Gasteiger charge is 2.24. The van der Waals surface area contributed by atoms with Crippen LogP contribution in [0.2, 0.25) is 10.0 Å². The van der Waals surface area contributed by atoms with E-state index in [1.165, 1.54) is 22.9 Å². The van der Waals surface area contributed by atoms with Gasteiger partial charge in [0.05, 0.1) is 32.7 Å². The molecular weight excluding hydrogens is 721 g/mol. The average Bonchev–Trinajstić information content (AvgIpc) is 3.44. The maximum Gasteiger partial charge on any atom is 0.351 e. The van der Waals surface area contributed by atoms with E-state index in [1.54, 1.807) is 59.2 Å². The number of unbranched alkanes of at least 4 members (excludes halogenated alkanes) is 2. The van der Waals surface area contributed by atoms with Crippen molar-refractivity contribution in [1.82, 2.24) is 24.4 Å². The van der Waals surface area contributed by atoms with Gasteiger partial charge in [0, 0.05) is 24.1 Å². The molecule has 272 valence electrons. The maximum absolute atomic E-state index is 13.9. The molecule has 5 aromatic rings. The normalized spacial score (nSPS) is 11.4. The van der Waals surface area contributed by atoms with Crippen molar-refractivity contribution in [2.24, 2.45) is 0 Å². The summed E-state index contributed by atoms with van der Waals surface area (Å²) in [6.45, 7) is 6.81. The van der Waals surface area contributed by atoms with Gasteiger partial charge >= 0.3 is 5.69 Å². The fraction of sp³-hybridized carbons (Fsp3) is 0.282. The molecule has 0 unspecified atom stereocenters. The molecule has 0 atom stereocenters. The zero-order valence-electron chi connectivity index (χ0n) is 29.3. The van der Waals surface area contributed by atoms with Crippen LogP contribution in [-0.2, 0) is 29.4 Å². The first-order valence-electron chi connectivity index (χ1n) is 17.3. The Kier molecular flexibility index (Phi) is 12.7. The van der Waals surface area contributed by atoms with E-state index in [-0.39, 0.29) is 33.0 Å². The third kappa shape index (κ3) is 8.83. The van der Waals surface area contributed by atoms with Gasteiger partial charge in [0.1, 0.15) is 5.82 Å². The van der Waals surface area contributed by atoms with Crippen molar-refractivity contribution in [1.29, 1.82) is 0 Å². The fourth-order valence-electron chi connectivity index (χ4n) is 5.68. The maximum atomic E-state index is 13.9. The van der Waals surface area contributed by atoms with Crippen LogP contribution in [0.4, 0.5) is 0 Å². The molecular formula is C39H41Cl2N5O5S. The Balaban J connectivity index is 1.46. The zero-order valence-corrected chi connectivity index (χ0v) is 31.6. The number of nitrogens with one attached hydrogen (secondary N) is 2. The van der Waals surface area contributed by atoms with Crippen LogP contribution in [0.3, 0.4) is 0 Å². The molecule has 52 heavy (non-hydrogen) atoms. The quantitative estimate of drug-likeness (QED) is 0.106. The Morgan fingerprint density at radius 3 is 2.21 bits per heavy atom. The number of sulfonamides is 1. The molecule has 0 bridgehead atoms. The number of benzene rings is 4. The lowest BCUT2D eigenvalue weighted by molar-refractivity contribution is 0.0950. The number of halogens is 2. The van der Waals surface area contributed by atoms with Crippen LogP contribution in [0.5, 0.6) is 0 Å². The van der Waals surface area contributed by atoms with Gasteiger partial charge in [0.15, 0.2) is 0 Å². The number of carbonyl (C=O) groups excluding carboxylic acids is 2. The molecule has 0 saturated heterocycles. The molecule has 0 aliphatic rings. The number of aryl methyl sites for hydroxylation is 2. The molecule has 0 aliphatic carbocycles. The van der Waals surface area contributed by atoms with E-state index in [0.29, 0.717) is 47.6 Å². The van der Waals surface area contributed by atoms with E-state index in [2.05, 4.69) is 22.1 Å². The lowest BCUT2D eigenvalue weighted by Gasteiger charge is -2.14. The van der Waals surface area contributed by atoms with Crippen LogP contribution in [0, 0.1) is 0 Å². The number of hydrogen-bond acceptors (Lipinski definition) is 6. The molecule has 4 aromatic carbocycles. The molecule has 1 heterocycles. The highest BCUT2D eigenvalue weighted by molar-refractivity contribution is 7.90. The molecule has 5 rings (SSSR count). The minimum absolute atomic E-state index is 0.0450. The molecule has 1 aromatic heterocycles. The standard InChI is InChI=1S/C39H41Cl2N5O5S/c1-4-7-13-36-43-46(34-24-29(19-20-33(34)41)37(47)42-22-8-5-2)39(49)45(36)25-27-14-17-28(18-15-27)31-23-26(6-3)16-21-35(31)52(50,51)44-38(48)30-11-9-10-12-32(30)40/h9-12,14-21,23-24H,4-8,13,22,25H2,1-3H3,(H,42,47)(H,44,48). The van der Waals surface area contributed by atoms with Crippen molar-refractivity contribution in [3.63, 3.8) is 0 Å². The number of amides is 2. The Morgan fingerprint density at radius 2 is 1.52 bits per heavy atom. The molecule has 2 amide bonds. The summed E-state index contributed by atoms with van der Waals surface area (Å²) in [5.41, 5.74) is 3.05. The third-order valence-electron chi connectivity index (χ3n) is 8.64. The van der Waals surface area contributed by atoms with E-state index in [0.717, 1.165) is 36.8 Å². The predicted molar refractivity (Wildman–Crippen MR) is 205 cm³/mol. The number of hydrogen-bond donors (Lipinski definition) is 2. The minimum atomic E-state index is -4.30. The zero-order chi connectivity index (χ0) is 37.4. The molecule has 0 aliphatic heterocycles. The Morgan fingerprint density at radius 1 is 0.808 bits per heavy atom. The van der Waals surface area contributed by atoms with E-state index in [4.69, 9.17) is 23.2 Å². The van der Waals surface area contributed by atoms with Crippen LogP contribution >= 0.6 is 23.2 Å². The molecule has 0 radical (unpaired) electrons. The first kappa shape index (κ1) is 38.5. The van der Waals surface area contributed by atoms with Crippen LogP contribution in [-0.4, -0.2) is 41.1 Å². The van der Waals surface area contributed by atoms with Gasteiger partial charge in [-0.05, 0) is 78.4 Å². The van der Waals surface area contributed by atoms with Gasteiger partial charge in [-0.15, -0.1) is 5.10 Å². The topological polar surface area (TPSA) is 132 Å². The lowest BCUT2D eigenvalue weighted by atomic mass is 10.0. The van der Waals surface area contributed by atoms with E-state index >= 15 is 0 Å². The largest absolute Gasteiger partial charge is 0.352 e. The summed E-state index contributed by atoms with van der Waals surface area (Å²) in [6, 6.07) is 23.2. The summed E-state index contributed by atoms with van der Waals surface area (Å²) >= 11 is 12.7. The first-order chi connectivity index (χ1) is 25.0. The Bertz CT molecular complexity index is 2250. The van der Waals surface area contributed by atoms with Crippen LogP contribution in [0.1, 0.15) is 84.1 Å². The summed E-state index contributed by atoms with van der Waals surface area (Å²) < 4.78 is 32.2. The second kappa shape index (κ2) is 17.2. The first-order valence-corrected chi connectivity index (χ1v) is 19.5. The average molecular weight is 763 g/mol. The van der Waals surface area contributed by atoms with E-state index in [1.807, 2.05) is 26.0 Å². The summed E-state index contributed by atoms with van der Waals surface area (Å²) in [4.78, 5) is 39.6. The van der Waals surface area contributed by atoms with Gasteiger partial charge in [0.25, 0.3) is 21.8 Å². The second-order valence-electron chi connectivity index (χ2n) is 12.4. The van der Waals surface area contributed by atoms with Crippen molar-refractivity contribution in [2.75, 3.05) is 6.54 Å². The molecule has 0 spiro atoms. The monoisotopic (exact) mass is 761 g/mol. The second-order valence-corrected chi connectivity index (χ2v) is 14.8. The van der Waals surface area contributed by atoms with Crippen LogP contribution < -0.4 is 15.7 Å². The fourth-order valence-corrected chi connectivity index (χ4v) is 7.27. The van der Waals surface area contributed by atoms with E-state index < -0.39 is 21.6 Å². The smallest absolute Gasteiger partial charge is 0.351 e. The van der Waals surface area contributed by atoms with Crippen molar-refractivity contribution in [3.8, 4) is 16.8 Å². The van der Waals surface area contributed by atoms with Crippen LogP contribution in [0.25, 0.3) is 16.8 Å². The number of nitrogens with zero attached hydrogens (tertiary/aromatic N) is 3. The van der Waals surface area contributed by atoms with Gasteiger partial charge in [0.2, 0.25) is 0 Å². The Hall–Kier alpha value is -4.71. The van der Waals surface area contributed by atoms with Gasteiger partial charge in [-0.2, -0.15) is 4.68 Å². The summed E-state index contributed by atoms with van der Waals surface area (Å²) in [5.74, 6) is -0.517. The molecule has 13 heteroatoms. The Labute approximate surface area is 313 Å². The number of aromatic nitrogens is 3. The summed E-state index contributed by atoms with van der Waals surface area (Å²) in [5, 5.41) is 7.97. The summed E-state index contributed by atoms with van der Waals surface area (Å²) in [6.07, 6.45) is 4.72. The molecule has 0 saturated carbocycles. The van der Waals surface area contributed by atoms with Crippen molar-refractivity contribution in [3.05, 3.63) is 134 Å². The number of carbonyl (C=O) groups is 2. The SMILES string of the molecule is CCCCNC(=O)c1ccc(Cl)c(-n2nc(CCCC)n(Cc3ccc(-c4cc(CC)ccc4S(=O)(=O)NC(=O)c4ccccc4Cl)cc3)c2=O)c1. The highest BCUT2D eigenvalue weighted by atomic mass is 35.5. The van der Waals surface area contributed by atoms with E-state index in [9.17, 15) is 22.8 Å². The van der Waals surface area contributed by atoms with Crippen LogP contribution in [0.15, 0.2) is 94.6 Å². The molecule has 0 fully saturated rings. The van der Waals surface area contributed by atoms with Crippen molar-refractivity contribution in [2.45, 2.75) is 70.7 Å². The summed E-state index contributed by atoms with van der Waals surface area (Å²) in [7, 11) is -4.30.